The summed E-state index contributed by atoms with van der Waals surface area (Å²) in [5.74, 6) is 0.216. The summed E-state index contributed by atoms with van der Waals surface area (Å²) in [7, 11) is -3.33. The molecule has 0 radical (unpaired) electrons. The summed E-state index contributed by atoms with van der Waals surface area (Å²) in [6, 6.07) is 6.89. The standard InChI is InChI=1S/C17H25N3O3S.ClH/c1-2-10-24(22,23)20-14-5-3-4-13(11-14)19-16(21)15-12-17(15)6-8-18-9-7-17;/h3-5,11,15,18,20H,2,6-10,12H2,1H3,(H,19,21);1H. The van der Waals surface area contributed by atoms with Gasteiger partial charge in [-0.3, -0.25) is 9.52 Å². The molecule has 8 heteroatoms. The minimum atomic E-state index is -3.33. The smallest absolute Gasteiger partial charge is 0.232 e. The highest BCUT2D eigenvalue weighted by molar-refractivity contribution is 7.92. The van der Waals surface area contributed by atoms with Gasteiger partial charge in [0, 0.05) is 11.6 Å². The van der Waals surface area contributed by atoms with Gasteiger partial charge in [-0.2, -0.15) is 0 Å². The van der Waals surface area contributed by atoms with Crippen LogP contribution in [0, 0.1) is 11.3 Å². The van der Waals surface area contributed by atoms with Crippen LogP contribution in [0.3, 0.4) is 0 Å². The van der Waals surface area contributed by atoms with Crippen LogP contribution in [-0.4, -0.2) is 33.2 Å². The average Bonchev–Trinajstić information content (AvgIpc) is 3.21. The zero-order valence-corrected chi connectivity index (χ0v) is 16.0. The quantitative estimate of drug-likeness (QED) is 0.700. The van der Waals surface area contributed by atoms with Crippen LogP contribution in [0.1, 0.15) is 32.6 Å². The van der Waals surface area contributed by atoms with Crippen LogP contribution in [0.5, 0.6) is 0 Å². The Balaban J connectivity index is 0.00000225. The molecule has 1 aliphatic heterocycles. The normalized spacial score (nSPS) is 21.2. The van der Waals surface area contributed by atoms with Crippen molar-refractivity contribution in [3.8, 4) is 0 Å². The summed E-state index contributed by atoms with van der Waals surface area (Å²) >= 11 is 0. The van der Waals surface area contributed by atoms with Crippen molar-refractivity contribution in [2.45, 2.75) is 32.6 Å². The number of halogens is 1. The molecule has 6 nitrogen and oxygen atoms in total. The first-order valence-corrected chi connectivity index (χ1v) is 10.2. The van der Waals surface area contributed by atoms with E-state index in [4.69, 9.17) is 0 Å². The molecule has 1 heterocycles. The summed E-state index contributed by atoms with van der Waals surface area (Å²) < 4.78 is 26.2. The molecule has 1 unspecified atom stereocenters. The van der Waals surface area contributed by atoms with Crippen molar-refractivity contribution in [2.24, 2.45) is 11.3 Å². The number of carbonyl (C=O) groups excluding carboxylic acids is 1. The SMILES string of the molecule is CCCS(=O)(=O)Nc1cccc(NC(=O)C2CC23CCNCC3)c1.Cl. The van der Waals surface area contributed by atoms with Gasteiger partial charge >= 0.3 is 0 Å². The van der Waals surface area contributed by atoms with Gasteiger partial charge in [0.1, 0.15) is 0 Å². The number of benzene rings is 1. The minimum Gasteiger partial charge on any atom is -0.326 e. The predicted molar refractivity (Wildman–Crippen MR) is 103 cm³/mol. The van der Waals surface area contributed by atoms with Crippen molar-refractivity contribution in [3.63, 3.8) is 0 Å². The van der Waals surface area contributed by atoms with Crippen LogP contribution in [0.2, 0.25) is 0 Å². The molecule has 25 heavy (non-hydrogen) atoms. The Morgan fingerprint density at radius 1 is 1.28 bits per heavy atom. The van der Waals surface area contributed by atoms with Crippen LogP contribution in [0.25, 0.3) is 0 Å². The fourth-order valence-electron chi connectivity index (χ4n) is 3.58. The zero-order chi connectivity index (χ0) is 17.2. The summed E-state index contributed by atoms with van der Waals surface area (Å²) in [5, 5.41) is 6.27. The summed E-state index contributed by atoms with van der Waals surface area (Å²) in [6.07, 6.45) is 3.64. The van der Waals surface area contributed by atoms with Gasteiger partial charge in [0.05, 0.1) is 11.4 Å². The number of carbonyl (C=O) groups is 1. The number of amides is 1. The Hall–Kier alpha value is -1.31. The highest BCUT2D eigenvalue weighted by atomic mass is 35.5. The van der Waals surface area contributed by atoms with Crippen LogP contribution in [0.4, 0.5) is 11.4 Å². The van der Waals surface area contributed by atoms with Crippen molar-refractivity contribution in [1.29, 1.82) is 0 Å². The predicted octanol–water partition coefficient (Wildman–Crippen LogP) is 2.59. The van der Waals surface area contributed by atoms with Crippen molar-refractivity contribution in [3.05, 3.63) is 24.3 Å². The highest BCUT2D eigenvalue weighted by Crippen LogP contribution is 2.58. The highest BCUT2D eigenvalue weighted by Gasteiger charge is 2.57. The van der Waals surface area contributed by atoms with Crippen molar-refractivity contribution < 1.29 is 13.2 Å². The van der Waals surface area contributed by atoms with Gasteiger partial charge in [0.15, 0.2) is 0 Å². The molecule has 2 fully saturated rings. The van der Waals surface area contributed by atoms with Crippen molar-refractivity contribution in [1.82, 2.24) is 5.32 Å². The Morgan fingerprint density at radius 2 is 1.96 bits per heavy atom. The second-order valence-electron chi connectivity index (χ2n) is 6.86. The molecule has 0 bridgehead atoms. The van der Waals surface area contributed by atoms with Gasteiger partial charge in [-0.25, -0.2) is 8.42 Å². The number of anilines is 2. The maximum absolute atomic E-state index is 12.5. The lowest BCUT2D eigenvalue weighted by atomic mass is 9.92. The third-order valence-electron chi connectivity index (χ3n) is 4.98. The summed E-state index contributed by atoms with van der Waals surface area (Å²) in [5.41, 5.74) is 1.30. The third-order valence-corrected chi connectivity index (χ3v) is 6.47. The Kier molecular flexibility index (Phi) is 6.35. The van der Waals surface area contributed by atoms with E-state index in [1.54, 1.807) is 24.3 Å². The lowest BCUT2D eigenvalue weighted by molar-refractivity contribution is -0.118. The maximum Gasteiger partial charge on any atom is 0.232 e. The molecule has 1 saturated carbocycles. The van der Waals surface area contributed by atoms with Crippen molar-refractivity contribution in [2.75, 3.05) is 28.9 Å². The topological polar surface area (TPSA) is 87.3 Å². The van der Waals surface area contributed by atoms with Gasteiger partial charge in [-0.05, 0) is 62.4 Å². The van der Waals surface area contributed by atoms with Crippen molar-refractivity contribution >= 4 is 39.7 Å². The van der Waals surface area contributed by atoms with Crippen LogP contribution in [-0.2, 0) is 14.8 Å². The van der Waals surface area contributed by atoms with E-state index in [1.165, 1.54) is 0 Å². The molecule has 1 aromatic carbocycles. The Labute approximate surface area is 155 Å². The minimum absolute atomic E-state index is 0. The Bertz CT molecular complexity index is 718. The molecule has 140 valence electrons. The number of sulfonamides is 1. The first-order valence-electron chi connectivity index (χ1n) is 8.56. The van der Waals surface area contributed by atoms with Gasteiger partial charge in [-0.1, -0.05) is 13.0 Å². The molecule has 1 spiro atoms. The average molecular weight is 388 g/mol. The lowest BCUT2D eigenvalue weighted by Crippen LogP contribution is -2.31. The van der Waals surface area contributed by atoms with Crippen LogP contribution in [0.15, 0.2) is 24.3 Å². The fraction of sp³-hybridized carbons (Fsp3) is 0.588. The Morgan fingerprint density at radius 3 is 2.64 bits per heavy atom. The second-order valence-corrected chi connectivity index (χ2v) is 8.70. The molecule has 1 aliphatic carbocycles. The maximum atomic E-state index is 12.5. The van der Waals surface area contributed by atoms with E-state index < -0.39 is 10.0 Å². The van der Waals surface area contributed by atoms with Gasteiger partial charge in [0.2, 0.25) is 15.9 Å². The second kappa shape index (κ2) is 7.93. The molecule has 0 aromatic heterocycles. The first kappa shape index (κ1) is 20.0. The van der Waals surface area contributed by atoms with Gasteiger partial charge in [-0.15, -0.1) is 12.4 Å². The fourth-order valence-corrected chi connectivity index (χ4v) is 4.71. The van der Waals surface area contributed by atoms with E-state index in [2.05, 4.69) is 15.4 Å². The monoisotopic (exact) mass is 387 g/mol. The number of hydrogen-bond acceptors (Lipinski definition) is 4. The van der Waals surface area contributed by atoms with E-state index in [0.717, 1.165) is 32.4 Å². The lowest BCUT2D eigenvalue weighted by Gasteiger charge is -2.23. The van der Waals surface area contributed by atoms with E-state index in [-0.39, 0.29) is 35.4 Å². The number of hydrogen-bond donors (Lipinski definition) is 3. The largest absolute Gasteiger partial charge is 0.326 e. The summed E-state index contributed by atoms with van der Waals surface area (Å²) in [6.45, 7) is 3.79. The molecule has 3 rings (SSSR count). The van der Waals surface area contributed by atoms with E-state index in [9.17, 15) is 13.2 Å². The van der Waals surface area contributed by atoms with E-state index in [0.29, 0.717) is 17.8 Å². The number of nitrogens with one attached hydrogen (secondary N) is 3. The van der Waals surface area contributed by atoms with E-state index in [1.807, 2.05) is 6.92 Å². The molecular weight excluding hydrogens is 362 g/mol. The number of rotatable bonds is 6. The van der Waals surface area contributed by atoms with Gasteiger partial charge in [0.25, 0.3) is 0 Å². The van der Waals surface area contributed by atoms with Gasteiger partial charge < -0.3 is 10.6 Å². The summed E-state index contributed by atoms with van der Waals surface area (Å²) in [4.78, 5) is 12.5. The first-order chi connectivity index (χ1) is 11.4. The molecule has 2 aliphatic rings. The third kappa shape index (κ3) is 4.86. The molecule has 1 saturated heterocycles. The van der Waals surface area contributed by atoms with E-state index >= 15 is 0 Å². The van der Waals surface area contributed by atoms with Crippen LogP contribution < -0.4 is 15.4 Å². The molecule has 1 amide bonds. The molecule has 1 aromatic rings. The molecular formula is C17H26ClN3O3S. The van der Waals surface area contributed by atoms with Crippen LogP contribution >= 0.6 is 12.4 Å². The number of piperidine rings is 1. The molecule has 3 N–H and O–H groups in total. The zero-order valence-electron chi connectivity index (χ0n) is 14.4. The molecule has 1 atom stereocenters.